The molecule has 0 aromatic heterocycles. The van der Waals surface area contributed by atoms with Crippen LogP contribution in [0.15, 0.2) is 12.3 Å². The Bertz CT molecular complexity index is 149. The average Bonchev–Trinajstić information content (AvgIpc) is 1.97. The molecule has 0 aromatic carbocycles. The van der Waals surface area contributed by atoms with Gasteiger partial charge in [-0.15, -0.1) is 0 Å². The lowest BCUT2D eigenvalue weighted by atomic mass is 10.2. The van der Waals surface area contributed by atoms with Gasteiger partial charge in [0.2, 0.25) is 0 Å². The van der Waals surface area contributed by atoms with Crippen LogP contribution in [0.2, 0.25) is 0 Å². The highest BCUT2D eigenvalue weighted by atomic mass is 19.3. The van der Waals surface area contributed by atoms with E-state index >= 15 is 0 Å². The van der Waals surface area contributed by atoms with Gasteiger partial charge in [0.05, 0.1) is 5.70 Å². The predicted molar refractivity (Wildman–Crippen MR) is 47.3 cm³/mol. The number of rotatable bonds is 5. The summed E-state index contributed by atoms with van der Waals surface area (Å²) >= 11 is 0. The minimum absolute atomic E-state index is 0.0770. The second kappa shape index (κ2) is 4.43. The molecule has 12 heavy (non-hydrogen) atoms. The van der Waals surface area contributed by atoms with Gasteiger partial charge in [-0.3, -0.25) is 0 Å². The van der Waals surface area contributed by atoms with Crippen LogP contribution in [0, 0.1) is 0 Å². The van der Waals surface area contributed by atoms with E-state index < -0.39 is 5.92 Å². The van der Waals surface area contributed by atoms with Gasteiger partial charge in [-0.05, 0) is 13.3 Å². The molecule has 0 atom stereocenters. The van der Waals surface area contributed by atoms with E-state index in [0.717, 1.165) is 13.3 Å². The van der Waals surface area contributed by atoms with Crippen LogP contribution in [-0.2, 0) is 0 Å². The van der Waals surface area contributed by atoms with E-state index in [1.807, 2.05) is 13.8 Å². The van der Waals surface area contributed by atoms with Crippen LogP contribution in [0.25, 0.3) is 0 Å². The smallest absolute Gasteiger partial charge is 0.284 e. The van der Waals surface area contributed by atoms with Crippen molar-refractivity contribution in [1.82, 2.24) is 4.90 Å². The quantitative estimate of drug-likeness (QED) is 0.624. The molecule has 0 saturated heterocycles. The van der Waals surface area contributed by atoms with E-state index in [1.165, 1.54) is 0 Å². The maximum atomic E-state index is 12.7. The lowest BCUT2D eigenvalue weighted by Crippen LogP contribution is -2.32. The summed E-state index contributed by atoms with van der Waals surface area (Å²) in [4.78, 5) is 1.61. The third-order valence-corrected chi connectivity index (χ3v) is 1.76. The predicted octanol–water partition coefficient (Wildman–Crippen LogP) is 2.89. The number of hydrogen-bond donors (Lipinski definition) is 0. The van der Waals surface area contributed by atoms with Gasteiger partial charge >= 0.3 is 0 Å². The fraction of sp³-hybridized carbons (Fsp3) is 0.778. The molecule has 0 spiro atoms. The van der Waals surface area contributed by atoms with E-state index in [-0.39, 0.29) is 5.70 Å². The fourth-order valence-corrected chi connectivity index (χ4v) is 1.03. The van der Waals surface area contributed by atoms with Crippen molar-refractivity contribution in [3.63, 3.8) is 0 Å². The first-order chi connectivity index (χ1) is 5.43. The van der Waals surface area contributed by atoms with Gasteiger partial charge in [0.1, 0.15) is 0 Å². The normalized spacial score (nSPS) is 11.4. The molecule has 0 fully saturated rings. The van der Waals surface area contributed by atoms with Crippen LogP contribution < -0.4 is 0 Å². The van der Waals surface area contributed by atoms with Crippen molar-refractivity contribution in [1.29, 1.82) is 0 Å². The first kappa shape index (κ1) is 11.4. The monoisotopic (exact) mass is 177 g/mol. The summed E-state index contributed by atoms with van der Waals surface area (Å²) in [5.41, 5.74) is -0.0770. The van der Waals surface area contributed by atoms with Crippen LogP contribution in [0.4, 0.5) is 8.78 Å². The third-order valence-electron chi connectivity index (χ3n) is 1.76. The molecule has 0 rings (SSSR count). The van der Waals surface area contributed by atoms with E-state index in [0.29, 0.717) is 13.1 Å². The van der Waals surface area contributed by atoms with Crippen LogP contribution in [0.5, 0.6) is 0 Å². The van der Waals surface area contributed by atoms with Crippen molar-refractivity contribution in [2.75, 3.05) is 13.1 Å². The molecule has 1 nitrogen and oxygen atoms in total. The molecule has 0 aromatic rings. The highest BCUT2D eigenvalue weighted by Crippen LogP contribution is 2.24. The summed E-state index contributed by atoms with van der Waals surface area (Å²) in [6.07, 6.45) is 0.864. The van der Waals surface area contributed by atoms with Crippen molar-refractivity contribution in [2.45, 2.75) is 33.1 Å². The van der Waals surface area contributed by atoms with Gasteiger partial charge in [0, 0.05) is 20.0 Å². The Kier molecular flexibility index (Phi) is 4.21. The fourth-order valence-electron chi connectivity index (χ4n) is 1.03. The topological polar surface area (TPSA) is 3.24 Å². The summed E-state index contributed by atoms with van der Waals surface area (Å²) in [5, 5.41) is 0. The number of hydrogen-bond acceptors (Lipinski definition) is 1. The first-order valence-electron chi connectivity index (χ1n) is 4.25. The largest absolute Gasteiger partial charge is 0.371 e. The molecule has 0 N–H and O–H groups in total. The van der Waals surface area contributed by atoms with Gasteiger partial charge < -0.3 is 4.90 Å². The van der Waals surface area contributed by atoms with Crippen LogP contribution in [-0.4, -0.2) is 23.9 Å². The van der Waals surface area contributed by atoms with Crippen LogP contribution in [0.1, 0.15) is 27.2 Å². The Hall–Kier alpha value is -0.600. The highest BCUT2D eigenvalue weighted by molar-refractivity contribution is 5.04. The molecule has 0 amide bonds. The number of alkyl halides is 2. The van der Waals surface area contributed by atoms with Crippen molar-refractivity contribution in [3.8, 4) is 0 Å². The molecule has 0 unspecified atom stereocenters. The maximum Gasteiger partial charge on any atom is 0.284 e. The molecular weight excluding hydrogens is 160 g/mol. The van der Waals surface area contributed by atoms with Crippen molar-refractivity contribution < 1.29 is 8.78 Å². The van der Waals surface area contributed by atoms with Gasteiger partial charge in [0.25, 0.3) is 5.92 Å². The average molecular weight is 177 g/mol. The van der Waals surface area contributed by atoms with Gasteiger partial charge in [-0.2, -0.15) is 0 Å². The standard InChI is InChI=1S/C9H17F2N/c1-5-7-12(6-2)8(3)9(4,10)11/h3,5-7H2,1-2,4H3. The van der Waals surface area contributed by atoms with Gasteiger partial charge in [-0.25, -0.2) is 8.78 Å². The molecule has 72 valence electrons. The molecule has 0 bridgehead atoms. The number of allylic oxidation sites excluding steroid dienone is 1. The summed E-state index contributed by atoms with van der Waals surface area (Å²) in [6, 6.07) is 0. The molecule has 3 heteroatoms. The number of halogens is 2. The number of nitrogens with zero attached hydrogens (tertiary/aromatic N) is 1. The SMILES string of the molecule is C=C(N(CC)CCC)C(C)(F)F. The Labute approximate surface area is 73.1 Å². The molecule has 0 aliphatic carbocycles. The molecule has 0 saturated carbocycles. The van der Waals surface area contributed by atoms with Gasteiger partial charge in [-0.1, -0.05) is 13.5 Å². The first-order valence-corrected chi connectivity index (χ1v) is 4.25. The van der Waals surface area contributed by atoms with E-state index in [4.69, 9.17) is 0 Å². The second-order valence-corrected chi connectivity index (χ2v) is 2.91. The van der Waals surface area contributed by atoms with E-state index in [1.54, 1.807) is 4.90 Å². The van der Waals surface area contributed by atoms with E-state index in [9.17, 15) is 8.78 Å². The molecule has 0 aliphatic heterocycles. The molecule has 0 aliphatic rings. The Balaban J connectivity index is 4.22. The zero-order valence-electron chi connectivity index (χ0n) is 8.03. The molecule has 0 heterocycles. The lowest BCUT2D eigenvalue weighted by molar-refractivity contribution is 0.0314. The highest BCUT2D eigenvalue weighted by Gasteiger charge is 2.28. The van der Waals surface area contributed by atoms with Crippen LogP contribution >= 0.6 is 0 Å². The summed E-state index contributed by atoms with van der Waals surface area (Å²) in [6.45, 7) is 9.33. The van der Waals surface area contributed by atoms with Crippen molar-refractivity contribution in [3.05, 3.63) is 12.3 Å². The zero-order valence-corrected chi connectivity index (χ0v) is 8.03. The Morgan fingerprint density at radius 3 is 2.17 bits per heavy atom. The minimum atomic E-state index is -2.79. The molecule has 0 radical (unpaired) electrons. The lowest BCUT2D eigenvalue weighted by Gasteiger charge is -2.28. The minimum Gasteiger partial charge on any atom is -0.371 e. The van der Waals surface area contributed by atoms with E-state index in [2.05, 4.69) is 6.58 Å². The second-order valence-electron chi connectivity index (χ2n) is 2.91. The Morgan fingerprint density at radius 1 is 1.42 bits per heavy atom. The zero-order chi connectivity index (χ0) is 9.78. The Morgan fingerprint density at radius 2 is 1.92 bits per heavy atom. The maximum absolute atomic E-state index is 12.7. The summed E-state index contributed by atoms with van der Waals surface area (Å²) < 4.78 is 25.5. The summed E-state index contributed by atoms with van der Waals surface area (Å²) in [7, 11) is 0. The third kappa shape index (κ3) is 3.20. The van der Waals surface area contributed by atoms with Gasteiger partial charge in [0.15, 0.2) is 0 Å². The summed E-state index contributed by atoms with van der Waals surface area (Å²) in [5.74, 6) is -2.79. The van der Waals surface area contributed by atoms with Crippen molar-refractivity contribution in [2.24, 2.45) is 0 Å². The molecular formula is C9H17F2N. The van der Waals surface area contributed by atoms with Crippen LogP contribution in [0.3, 0.4) is 0 Å². The van der Waals surface area contributed by atoms with Crippen molar-refractivity contribution >= 4 is 0 Å².